The van der Waals surface area contributed by atoms with Crippen LogP contribution in [0.25, 0.3) is 0 Å². The van der Waals surface area contributed by atoms with Crippen molar-refractivity contribution < 1.29 is 9.90 Å². The van der Waals surface area contributed by atoms with E-state index < -0.39 is 6.09 Å². The standard InChI is InChI=1S/C6H7Br2N3O2/c7-4-3-5(8)11(10-4)2-1-9-6(12)13/h3,9H,1-2H2,(H,12,13). The Morgan fingerprint density at radius 3 is 2.85 bits per heavy atom. The normalized spacial score (nSPS) is 10.0. The molecule has 0 aromatic carbocycles. The molecule has 0 aliphatic rings. The van der Waals surface area contributed by atoms with Crippen LogP contribution in [-0.2, 0) is 6.54 Å². The molecule has 1 heterocycles. The van der Waals surface area contributed by atoms with Crippen LogP contribution in [0.2, 0.25) is 0 Å². The molecule has 0 spiro atoms. The van der Waals surface area contributed by atoms with Crippen LogP contribution < -0.4 is 5.32 Å². The van der Waals surface area contributed by atoms with Gasteiger partial charge in [-0.15, -0.1) is 0 Å². The number of carboxylic acid groups (broad SMARTS) is 1. The lowest BCUT2D eigenvalue weighted by molar-refractivity contribution is 0.194. The molecule has 0 fully saturated rings. The fraction of sp³-hybridized carbons (Fsp3) is 0.333. The highest BCUT2D eigenvalue weighted by molar-refractivity contribution is 9.11. The van der Waals surface area contributed by atoms with Crippen LogP contribution in [0.1, 0.15) is 0 Å². The highest BCUT2D eigenvalue weighted by Gasteiger charge is 2.02. The number of rotatable bonds is 3. The summed E-state index contributed by atoms with van der Waals surface area (Å²) in [6, 6.07) is 1.79. The fourth-order valence-corrected chi connectivity index (χ4v) is 1.98. The Balaban J connectivity index is 2.45. The summed E-state index contributed by atoms with van der Waals surface area (Å²) in [6.07, 6.45) is -1.03. The van der Waals surface area contributed by atoms with Gasteiger partial charge in [-0.2, -0.15) is 5.10 Å². The van der Waals surface area contributed by atoms with Gasteiger partial charge in [0.25, 0.3) is 0 Å². The Labute approximate surface area is 91.4 Å². The van der Waals surface area contributed by atoms with Crippen LogP contribution in [-0.4, -0.2) is 27.5 Å². The maximum Gasteiger partial charge on any atom is 0.404 e. The molecule has 1 amide bonds. The van der Waals surface area contributed by atoms with Crippen molar-refractivity contribution in [1.29, 1.82) is 0 Å². The van der Waals surface area contributed by atoms with E-state index in [1.165, 1.54) is 0 Å². The number of nitrogens with zero attached hydrogens (tertiary/aromatic N) is 2. The summed E-state index contributed by atoms with van der Waals surface area (Å²) in [5.41, 5.74) is 0. The first-order valence-electron chi connectivity index (χ1n) is 3.45. The molecular formula is C6H7Br2N3O2. The third-order valence-electron chi connectivity index (χ3n) is 1.30. The van der Waals surface area contributed by atoms with E-state index in [1.807, 2.05) is 0 Å². The zero-order valence-electron chi connectivity index (χ0n) is 6.50. The Bertz CT molecular complexity index is 313. The van der Waals surface area contributed by atoms with Crippen molar-refractivity contribution >= 4 is 38.0 Å². The zero-order chi connectivity index (χ0) is 9.84. The van der Waals surface area contributed by atoms with E-state index in [1.54, 1.807) is 10.7 Å². The lowest BCUT2D eigenvalue weighted by Gasteiger charge is -2.02. The molecule has 0 bridgehead atoms. The van der Waals surface area contributed by atoms with Gasteiger partial charge < -0.3 is 10.4 Å². The van der Waals surface area contributed by atoms with Gasteiger partial charge in [0.1, 0.15) is 9.21 Å². The topological polar surface area (TPSA) is 67.2 Å². The third kappa shape index (κ3) is 3.35. The molecule has 1 aromatic heterocycles. The summed E-state index contributed by atoms with van der Waals surface area (Å²) in [5.74, 6) is 0. The molecule has 7 heteroatoms. The largest absolute Gasteiger partial charge is 0.465 e. The van der Waals surface area contributed by atoms with Crippen molar-refractivity contribution in [3.05, 3.63) is 15.3 Å². The molecule has 13 heavy (non-hydrogen) atoms. The minimum absolute atomic E-state index is 0.335. The number of nitrogens with one attached hydrogen (secondary N) is 1. The second-order valence-electron chi connectivity index (χ2n) is 2.24. The number of halogens is 2. The fourth-order valence-electron chi connectivity index (χ4n) is 0.790. The maximum atomic E-state index is 10.1. The van der Waals surface area contributed by atoms with Crippen LogP contribution in [0.3, 0.4) is 0 Å². The van der Waals surface area contributed by atoms with E-state index in [-0.39, 0.29) is 0 Å². The molecule has 0 aliphatic heterocycles. The van der Waals surface area contributed by atoms with Crippen LogP contribution in [0.5, 0.6) is 0 Å². The number of hydrogen-bond acceptors (Lipinski definition) is 2. The van der Waals surface area contributed by atoms with Gasteiger partial charge in [-0.1, -0.05) is 0 Å². The van der Waals surface area contributed by atoms with Gasteiger partial charge in [-0.05, 0) is 31.9 Å². The van der Waals surface area contributed by atoms with Crippen LogP contribution in [0.4, 0.5) is 4.79 Å². The van der Waals surface area contributed by atoms with Crippen molar-refractivity contribution in [2.75, 3.05) is 6.54 Å². The average Bonchev–Trinajstić information content (AvgIpc) is 2.29. The summed E-state index contributed by atoms with van der Waals surface area (Å²) in [7, 11) is 0. The van der Waals surface area contributed by atoms with Crippen LogP contribution in [0.15, 0.2) is 15.3 Å². The van der Waals surface area contributed by atoms with Gasteiger partial charge in [0.05, 0.1) is 6.54 Å². The second-order valence-corrected chi connectivity index (χ2v) is 3.87. The van der Waals surface area contributed by atoms with Crippen molar-refractivity contribution in [1.82, 2.24) is 15.1 Å². The van der Waals surface area contributed by atoms with Gasteiger partial charge in [0.15, 0.2) is 0 Å². The lowest BCUT2D eigenvalue weighted by atomic mass is 10.6. The Morgan fingerprint density at radius 1 is 1.69 bits per heavy atom. The highest BCUT2D eigenvalue weighted by Crippen LogP contribution is 2.15. The van der Waals surface area contributed by atoms with Gasteiger partial charge in [0.2, 0.25) is 0 Å². The zero-order valence-corrected chi connectivity index (χ0v) is 9.67. The smallest absolute Gasteiger partial charge is 0.404 e. The number of hydrogen-bond donors (Lipinski definition) is 2. The molecule has 72 valence electrons. The van der Waals surface area contributed by atoms with Gasteiger partial charge in [-0.25, -0.2) is 4.79 Å². The number of aromatic nitrogens is 2. The Morgan fingerprint density at radius 2 is 2.38 bits per heavy atom. The maximum absolute atomic E-state index is 10.1. The van der Waals surface area contributed by atoms with E-state index in [4.69, 9.17) is 5.11 Å². The third-order valence-corrected chi connectivity index (χ3v) is 2.33. The minimum atomic E-state index is -1.03. The van der Waals surface area contributed by atoms with E-state index in [9.17, 15) is 4.79 Å². The molecule has 2 N–H and O–H groups in total. The summed E-state index contributed by atoms with van der Waals surface area (Å²) in [6.45, 7) is 0.834. The first kappa shape index (κ1) is 10.5. The summed E-state index contributed by atoms with van der Waals surface area (Å²) >= 11 is 6.48. The van der Waals surface area contributed by atoms with E-state index in [2.05, 4.69) is 42.3 Å². The molecular weight excluding hydrogens is 306 g/mol. The minimum Gasteiger partial charge on any atom is -0.465 e. The van der Waals surface area contributed by atoms with E-state index in [0.29, 0.717) is 13.1 Å². The van der Waals surface area contributed by atoms with Crippen molar-refractivity contribution in [3.8, 4) is 0 Å². The molecule has 5 nitrogen and oxygen atoms in total. The molecule has 1 aromatic rings. The highest BCUT2D eigenvalue weighted by atomic mass is 79.9. The summed E-state index contributed by atoms with van der Waals surface area (Å²) in [4.78, 5) is 10.1. The monoisotopic (exact) mass is 311 g/mol. The average molecular weight is 313 g/mol. The second kappa shape index (κ2) is 4.61. The first-order valence-corrected chi connectivity index (χ1v) is 5.04. The predicted octanol–water partition coefficient (Wildman–Crippen LogP) is 1.68. The van der Waals surface area contributed by atoms with E-state index in [0.717, 1.165) is 9.21 Å². The summed E-state index contributed by atoms with van der Waals surface area (Å²) < 4.78 is 3.18. The molecule has 0 atom stereocenters. The SMILES string of the molecule is O=C(O)NCCn1nc(Br)cc1Br. The van der Waals surface area contributed by atoms with Crippen LogP contribution >= 0.6 is 31.9 Å². The molecule has 0 saturated carbocycles. The van der Waals surface area contributed by atoms with Crippen LogP contribution in [0, 0.1) is 0 Å². The van der Waals surface area contributed by atoms with Gasteiger partial charge in [0, 0.05) is 12.6 Å². The molecule has 0 unspecified atom stereocenters. The lowest BCUT2D eigenvalue weighted by Crippen LogP contribution is -2.25. The van der Waals surface area contributed by atoms with Crippen molar-refractivity contribution in [2.45, 2.75) is 6.54 Å². The predicted molar refractivity (Wildman–Crippen MR) is 53.7 cm³/mol. The molecule has 0 aliphatic carbocycles. The van der Waals surface area contributed by atoms with Gasteiger partial charge in [-0.3, -0.25) is 4.68 Å². The summed E-state index contributed by atoms with van der Waals surface area (Å²) in [5, 5.41) is 14.6. The number of carbonyl (C=O) groups is 1. The molecule has 1 rings (SSSR count). The van der Waals surface area contributed by atoms with E-state index >= 15 is 0 Å². The first-order chi connectivity index (χ1) is 6.09. The Kier molecular flexibility index (Phi) is 3.73. The molecule has 0 saturated heterocycles. The van der Waals surface area contributed by atoms with Crippen molar-refractivity contribution in [3.63, 3.8) is 0 Å². The molecule has 0 radical (unpaired) electrons. The Hall–Kier alpha value is -0.560. The van der Waals surface area contributed by atoms with Crippen molar-refractivity contribution in [2.24, 2.45) is 0 Å². The quantitative estimate of drug-likeness (QED) is 0.892. The number of amides is 1. The van der Waals surface area contributed by atoms with Gasteiger partial charge >= 0.3 is 6.09 Å².